The van der Waals surface area contributed by atoms with Gasteiger partial charge in [0.05, 0.1) is 13.2 Å². The first-order valence-electron chi connectivity index (χ1n) is 13.7. The number of Topliss-reactive ketones (excluding diaryl/α,β-unsaturated/α-hetero) is 1. The standard InChI is InChI=1S/C28H54O4/c1-2-27(30)23-21-19-17-15-13-11-9-7-5-3-4-6-8-10-12-14-16-18-20-22-24-32-26-28(31)25-29/h5,7,28-29,31H,2-4,6,8-26H2,1H3/b7-5+. The summed E-state index contributed by atoms with van der Waals surface area (Å²) in [6.07, 6.45) is 28.5. The number of rotatable bonds is 26. The maximum atomic E-state index is 11.2. The van der Waals surface area contributed by atoms with Crippen molar-refractivity contribution in [1.82, 2.24) is 0 Å². The van der Waals surface area contributed by atoms with E-state index in [0.29, 0.717) is 18.8 Å². The lowest BCUT2D eigenvalue weighted by molar-refractivity contribution is -0.118. The van der Waals surface area contributed by atoms with E-state index in [9.17, 15) is 4.79 Å². The molecule has 0 rings (SSSR count). The van der Waals surface area contributed by atoms with E-state index < -0.39 is 6.10 Å². The maximum absolute atomic E-state index is 11.2. The van der Waals surface area contributed by atoms with E-state index in [0.717, 1.165) is 19.3 Å². The van der Waals surface area contributed by atoms with Crippen molar-refractivity contribution in [1.29, 1.82) is 0 Å². The lowest BCUT2D eigenvalue weighted by Gasteiger charge is -2.08. The average Bonchev–Trinajstić information content (AvgIpc) is 2.81. The number of ketones is 1. The third-order valence-corrected chi connectivity index (χ3v) is 6.07. The van der Waals surface area contributed by atoms with Gasteiger partial charge < -0.3 is 14.9 Å². The van der Waals surface area contributed by atoms with Gasteiger partial charge in [-0.05, 0) is 38.5 Å². The van der Waals surface area contributed by atoms with E-state index in [1.165, 1.54) is 103 Å². The zero-order valence-corrected chi connectivity index (χ0v) is 21.2. The second-order valence-electron chi connectivity index (χ2n) is 9.26. The van der Waals surface area contributed by atoms with Crippen molar-refractivity contribution in [3.8, 4) is 0 Å². The summed E-state index contributed by atoms with van der Waals surface area (Å²) in [6.45, 7) is 2.67. The van der Waals surface area contributed by atoms with Crippen molar-refractivity contribution in [2.45, 2.75) is 141 Å². The predicted molar refractivity (Wildman–Crippen MR) is 136 cm³/mol. The van der Waals surface area contributed by atoms with Gasteiger partial charge in [-0.1, -0.05) is 96.1 Å². The van der Waals surface area contributed by atoms with Crippen LogP contribution >= 0.6 is 0 Å². The van der Waals surface area contributed by atoms with E-state index >= 15 is 0 Å². The van der Waals surface area contributed by atoms with E-state index in [-0.39, 0.29) is 13.2 Å². The molecule has 1 unspecified atom stereocenters. The Morgan fingerprint density at radius 2 is 1.16 bits per heavy atom. The number of carbonyl (C=O) groups is 1. The highest BCUT2D eigenvalue weighted by Crippen LogP contribution is 2.13. The molecule has 2 N–H and O–H groups in total. The quantitative estimate of drug-likeness (QED) is 0.106. The molecule has 0 bridgehead atoms. The van der Waals surface area contributed by atoms with Gasteiger partial charge in [0.1, 0.15) is 11.9 Å². The molecular weight excluding hydrogens is 400 g/mol. The van der Waals surface area contributed by atoms with Crippen LogP contribution < -0.4 is 0 Å². The Balaban J connectivity index is 3.12. The van der Waals surface area contributed by atoms with Crippen LogP contribution in [0.4, 0.5) is 0 Å². The molecule has 0 spiro atoms. The molecule has 0 fully saturated rings. The average molecular weight is 455 g/mol. The van der Waals surface area contributed by atoms with Crippen molar-refractivity contribution in [3.63, 3.8) is 0 Å². The summed E-state index contributed by atoms with van der Waals surface area (Å²) < 4.78 is 5.31. The fourth-order valence-corrected chi connectivity index (χ4v) is 3.86. The maximum Gasteiger partial charge on any atom is 0.132 e. The zero-order valence-electron chi connectivity index (χ0n) is 21.2. The Bertz CT molecular complexity index is 408. The SMILES string of the molecule is CCC(=O)CCCCCCCC/C=C/CCCCCCCCCCCCOCC(O)CO. The number of aliphatic hydroxyl groups excluding tert-OH is 2. The van der Waals surface area contributed by atoms with Crippen LogP contribution in [-0.2, 0) is 9.53 Å². The lowest BCUT2D eigenvalue weighted by Crippen LogP contribution is -2.19. The van der Waals surface area contributed by atoms with E-state index in [2.05, 4.69) is 12.2 Å². The highest BCUT2D eigenvalue weighted by molar-refractivity contribution is 5.77. The number of carbonyl (C=O) groups excluding carboxylic acids is 1. The van der Waals surface area contributed by atoms with Gasteiger partial charge in [-0.25, -0.2) is 0 Å². The van der Waals surface area contributed by atoms with Gasteiger partial charge in [-0.3, -0.25) is 4.79 Å². The minimum atomic E-state index is -0.730. The van der Waals surface area contributed by atoms with Crippen LogP contribution in [0.5, 0.6) is 0 Å². The first-order valence-corrected chi connectivity index (χ1v) is 13.7. The molecule has 0 amide bonds. The number of ether oxygens (including phenoxy) is 1. The van der Waals surface area contributed by atoms with Crippen LogP contribution in [0.15, 0.2) is 12.2 Å². The fraction of sp³-hybridized carbons (Fsp3) is 0.893. The highest BCUT2D eigenvalue weighted by Gasteiger charge is 2.01. The molecule has 190 valence electrons. The molecule has 4 heteroatoms. The van der Waals surface area contributed by atoms with Crippen molar-refractivity contribution < 1.29 is 19.7 Å². The van der Waals surface area contributed by atoms with Crippen molar-refractivity contribution in [3.05, 3.63) is 12.2 Å². The highest BCUT2D eigenvalue weighted by atomic mass is 16.5. The Labute approximate surface area is 199 Å². The molecule has 0 aliphatic rings. The Hall–Kier alpha value is -0.710. The summed E-state index contributed by atoms with van der Waals surface area (Å²) in [5.41, 5.74) is 0. The van der Waals surface area contributed by atoms with Gasteiger partial charge in [-0.15, -0.1) is 0 Å². The monoisotopic (exact) mass is 454 g/mol. The molecule has 32 heavy (non-hydrogen) atoms. The molecule has 0 heterocycles. The third-order valence-electron chi connectivity index (χ3n) is 6.07. The fourth-order valence-electron chi connectivity index (χ4n) is 3.86. The van der Waals surface area contributed by atoms with Gasteiger partial charge in [0.2, 0.25) is 0 Å². The molecule has 1 atom stereocenters. The Morgan fingerprint density at radius 3 is 1.62 bits per heavy atom. The molecule has 0 radical (unpaired) electrons. The van der Waals surface area contributed by atoms with Crippen LogP contribution in [0.1, 0.15) is 135 Å². The summed E-state index contributed by atoms with van der Waals surface area (Å²) in [6, 6.07) is 0. The number of hydrogen-bond acceptors (Lipinski definition) is 4. The minimum absolute atomic E-state index is 0.219. The molecule has 4 nitrogen and oxygen atoms in total. The first-order chi connectivity index (χ1) is 15.7. The smallest absolute Gasteiger partial charge is 0.132 e. The lowest BCUT2D eigenvalue weighted by atomic mass is 10.0. The normalized spacial score (nSPS) is 12.6. The number of hydrogen-bond donors (Lipinski definition) is 2. The third kappa shape index (κ3) is 25.5. The molecule has 0 aromatic carbocycles. The van der Waals surface area contributed by atoms with Crippen LogP contribution in [0.3, 0.4) is 0 Å². The van der Waals surface area contributed by atoms with Gasteiger partial charge in [0.25, 0.3) is 0 Å². The summed E-state index contributed by atoms with van der Waals surface area (Å²) >= 11 is 0. The van der Waals surface area contributed by atoms with Crippen molar-refractivity contribution >= 4 is 5.78 Å². The molecule has 0 aliphatic heterocycles. The first kappa shape index (κ1) is 31.3. The molecule has 0 saturated heterocycles. The Morgan fingerprint density at radius 1 is 0.719 bits per heavy atom. The van der Waals surface area contributed by atoms with E-state index in [1.807, 2.05) is 6.92 Å². The largest absolute Gasteiger partial charge is 0.394 e. The number of allylic oxidation sites excluding steroid dienone is 2. The van der Waals surface area contributed by atoms with Gasteiger partial charge in [-0.2, -0.15) is 0 Å². The molecule has 0 aliphatic carbocycles. The van der Waals surface area contributed by atoms with Crippen molar-refractivity contribution in [2.75, 3.05) is 19.8 Å². The minimum Gasteiger partial charge on any atom is -0.394 e. The van der Waals surface area contributed by atoms with Crippen LogP contribution in [0, 0.1) is 0 Å². The second-order valence-corrected chi connectivity index (χ2v) is 9.26. The van der Waals surface area contributed by atoms with Crippen LogP contribution in [0.2, 0.25) is 0 Å². The Kier molecular flexibility index (Phi) is 26.0. The van der Waals surface area contributed by atoms with Gasteiger partial charge in [0.15, 0.2) is 0 Å². The number of aliphatic hydroxyl groups is 2. The van der Waals surface area contributed by atoms with Gasteiger partial charge in [0, 0.05) is 19.4 Å². The zero-order chi connectivity index (χ0) is 23.5. The molecule has 0 aromatic heterocycles. The second kappa shape index (κ2) is 26.5. The summed E-state index contributed by atoms with van der Waals surface area (Å²) in [4.78, 5) is 11.2. The van der Waals surface area contributed by atoms with Crippen LogP contribution in [0.25, 0.3) is 0 Å². The molecule has 0 saturated carbocycles. The summed E-state index contributed by atoms with van der Waals surface area (Å²) in [5, 5.41) is 17.8. The van der Waals surface area contributed by atoms with Gasteiger partial charge >= 0.3 is 0 Å². The van der Waals surface area contributed by atoms with Crippen LogP contribution in [-0.4, -0.2) is 41.9 Å². The summed E-state index contributed by atoms with van der Waals surface area (Å²) in [7, 11) is 0. The molecule has 0 aromatic rings. The van der Waals surface area contributed by atoms with E-state index in [4.69, 9.17) is 14.9 Å². The topological polar surface area (TPSA) is 66.8 Å². The summed E-state index contributed by atoms with van der Waals surface area (Å²) in [5.74, 6) is 0.416. The number of unbranched alkanes of at least 4 members (excludes halogenated alkanes) is 16. The predicted octanol–water partition coefficient (Wildman–Crippen LogP) is 7.30. The van der Waals surface area contributed by atoms with Crippen molar-refractivity contribution in [2.24, 2.45) is 0 Å². The molecular formula is C28H54O4. The van der Waals surface area contributed by atoms with E-state index in [1.54, 1.807) is 0 Å².